The van der Waals surface area contributed by atoms with E-state index in [0.29, 0.717) is 10.7 Å². The highest BCUT2D eigenvalue weighted by Gasteiger charge is 2.15. The van der Waals surface area contributed by atoms with E-state index < -0.39 is 0 Å². The fraction of sp³-hybridized carbons (Fsp3) is 0.333. The minimum atomic E-state index is -0.207. The van der Waals surface area contributed by atoms with E-state index in [1.807, 2.05) is 18.2 Å². The number of carbonyl (C=O) groups is 2. The van der Waals surface area contributed by atoms with E-state index in [1.54, 1.807) is 5.51 Å². The van der Waals surface area contributed by atoms with Gasteiger partial charge in [-0.25, -0.2) is 0 Å². The SMILES string of the molecule is O=C(CCC(=O)c1ccc2c(c1)CCC2)Nc1nncs1. The average molecular weight is 301 g/mol. The molecule has 1 amide bonds. The largest absolute Gasteiger partial charge is 0.301 e. The molecule has 0 radical (unpaired) electrons. The fourth-order valence-corrected chi connectivity index (χ4v) is 2.99. The monoisotopic (exact) mass is 301 g/mol. The fourth-order valence-electron chi connectivity index (χ4n) is 2.53. The van der Waals surface area contributed by atoms with Gasteiger partial charge in [0.05, 0.1) is 0 Å². The number of anilines is 1. The Balaban J connectivity index is 1.55. The molecule has 1 aromatic heterocycles. The van der Waals surface area contributed by atoms with Gasteiger partial charge >= 0.3 is 0 Å². The third kappa shape index (κ3) is 3.33. The Morgan fingerprint density at radius 3 is 2.86 bits per heavy atom. The molecule has 1 aromatic carbocycles. The summed E-state index contributed by atoms with van der Waals surface area (Å²) in [5, 5.41) is 10.5. The molecular formula is C15H15N3O2S. The van der Waals surface area contributed by atoms with Gasteiger partial charge in [-0.3, -0.25) is 9.59 Å². The first kappa shape index (κ1) is 13.9. The summed E-state index contributed by atoms with van der Waals surface area (Å²) in [4.78, 5) is 23.9. The maximum absolute atomic E-state index is 12.1. The zero-order valence-electron chi connectivity index (χ0n) is 11.5. The molecule has 1 heterocycles. The number of hydrogen-bond acceptors (Lipinski definition) is 5. The van der Waals surface area contributed by atoms with Crippen molar-refractivity contribution in [3.63, 3.8) is 0 Å². The standard InChI is InChI=1S/C15H15N3O2S/c19-13(6-7-14(20)17-15-18-16-9-21-15)12-5-4-10-2-1-3-11(10)8-12/h4-5,8-9H,1-3,6-7H2,(H,17,18,20). The molecule has 0 unspecified atom stereocenters. The summed E-state index contributed by atoms with van der Waals surface area (Å²) in [5.74, 6) is -0.196. The second-order valence-electron chi connectivity index (χ2n) is 5.05. The Morgan fingerprint density at radius 1 is 1.19 bits per heavy atom. The summed E-state index contributed by atoms with van der Waals surface area (Å²) in [6.07, 6.45) is 3.69. The Morgan fingerprint density at radius 2 is 2.05 bits per heavy atom. The van der Waals surface area contributed by atoms with Crippen LogP contribution in [0.4, 0.5) is 5.13 Å². The molecule has 1 N–H and O–H groups in total. The number of Topliss-reactive ketones (excluding diaryl/α,β-unsaturated/α-hetero) is 1. The van der Waals surface area contributed by atoms with Gasteiger partial charge in [0.15, 0.2) is 5.78 Å². The third-order valence-electron chi connectivity index (χ3n) is 3.61. The second-order valence-corrected chi connectivity index (χ2v) is 5.89. The normalized spacial score (nSPS) is 13.0. The van der Waals surface area contributed by atoms with Crippen LogP contribution in [-0.4, -0.2) is 21.9 Å². The third-order valence-corrected chi connectivity index (χ3v) is 4.21. The van der Waals surface area contributed by atoms with Crippen LogP contribution in [0.5, 0.6) is 0 Å². The van der Waals surface area contributed by atoms with Gasteiger partial charge in [0, 0.05) is 18.4 Å². The van der Waals surface area contributed by atoms with Gasteiger partial charge in [-0.2, -0.15) is 0 Å². The van der Waals surface area contributed by atoms with Crippen LogP contribution >= 0.6 is 11.3 Å². The molecule has 1 aliphatic carbocycles. The van der Waals surface area contributed by atoms with Crippen LogP contribution in [-0.2, 0) is 17.6 Å². The highest BCUT2D eigenvalue weighted by Crippen LogP contribution is 2.23. The lowest BCUT2D eigenvalue weighted by Gasteiger charge is -2.04. The average Bonchev–Trinajstić information content (AvgIpc) is 3.14. The highest BCUT2D eigenvalue weighted by molar-refractivity contribution is 7.13. The number of aryl methyl sites for hydroxylation is 2. The molecule has 108 valence electrons. The van der Waals surface area contributed by atoms with Gasteiger partial charge in [0.2, 0.25) is 11.0 Å². The zero-order valence-corrected chi connectivity index (χ0v) is 12.3. The lowest BCUT2D eigenvalue weighted by molar-refractivity contribution is -0.116. The molecule has 21 heavy (non-hydrogen) atoms. The Hall–Kier alpha value is -2.08. The molecule has 2 aromatic rings. The van der Waals surface area contributed by atoms with E-state index in [4.69, 9.17) is 0 Å². The topological polar surface area (TPSA) is 72.0 Å². The molecule has 5 nitrogen and oxygen atoms in total. The minimum Gasteiger partial charge on any atom is -0.301 e. The van der Waals surface area contributed by atoms with Crippen molar-refractivity contribution in [3.8, 4) is 0 Å². The van der Waals surface area contributed by atoms with E-state index in [2.05, 4.69) is 15.5 Å². The number of hydrogen-bond donors (Lipinski definition) is 1. The molecule has 6 heteroatoms. The van der Waals surface area contributed by atoms with Crippen molar-refractivity contribution < 1.29 is 9.59 Å². The summed E-state index contributed by atoms with van der Waals surface area (Å²) in [5.41, 5.74) is 4.88. The number of fused-ring (bicyclic) bond motifs is 1. The van der Waals surface area contributed by atoms with Crippen LogP contribution in [0.1, 0.15) is 40.7 Å². The van der Waals surface area contributed by atoms with Crippen LogP contribution in [0.2, 0.25) is 0 Å². The van der Waals surface area contributed by atoms with Gasteiger partial charge in [0.1, 0.15) is 5.51 Å². The Bertz CT molecular complexity index is 668. The zero-order chi connectivity index (χ0) is 14.7. The van der Waals surface area contributed by atoms with Crippen molar-refractivity contribution in [3.05, 3.63) is 40.4 Å². The van der Waals surface area contributed by atoms with Crippen LogP contribution < -0.4 is 5.32 Å². The lowest BCUT2D eigenvalue weighted by Crippen LogP contribution is -2.13. The highest BCUT2D eigenvalue weighted by atomic mass is 32.1. The van der Waals surface area contributed by atoms with E-state index in [9.17, 15) is 9.59 Å². The van der Waals surface area contributed by atoms with Crippen molar-refractivity contribution in [2.45, 2.75) is 32.1 Å². The van der Waals surface area contributed by atoms with Crippen LogP contribution in [0.3, 0.4) is 0 Å². The van der Waals surface area contributed by atoms with E-state index in [1.165, 1.54) is 22.5 Å². The number of amides is 1. The Kier molecular flexibility index (Phi) is 4.06. The van der Waals surface area contributed by atoms with Crippen molar-refractivity contribution in [1.29, 1.82) is 0 Å². The molecule has 0 atom stereocenters. The van der Waals surface area contributed by atoms with Crippen molar-refractivity contribution in [2.75, 3.05) is 5.32 Å². The summed E-state index contributed by atoms with van der Waals surface area (Å²) < 4.78 is 0. The molecular weight excluding hydrogens is 286 g/mol. The number of rotatable bonds is 5. The summed E-state index contributed by atoms with van der Waals surface area (Å²) in [6.45, 7) is 0. The van der Waals surface area contributed by atoms with Crippen LogP contribution in [0, 0.1) is 0 Å². The van der Waals surface area contributed by atoms with Gasteiger partial charge in [-0.1, -0.05) is 23.5 Å². The molecule has 0 saturated carbocycles. The number of nitrogens with one attached hydrogen (secondary N) is 1. The van der Waals surface area contributed by atoms with Crippen LogP contribution in [0.15, 0.2) is 23.7 Å². The number of nitrogens with zero attached hydrogens (tertiary/aromatic N) is 2. The molecule has 0 bridgehead atoms. The van der Waals surface area contributed by atoms with Crippen molar-refractivity contribution in [1.82, 2.24) is 10.2 Å². The number of carbonyl (C=O) groups excluding carboxylic acids is 2. The van der Waals surface area contributed by atoms with Gasteiger partial charge in [-0.05, 0) is 36.5 Å². The molecule has 0 spiro atoms. The van der Waals surface area contributed by atoms with Crippen molar-refractivity contribution in [2.24, 2.45) is 0 Å². The van der Waals surface area contributed by atoms with Crippen molar-refractivity contribution >= 4 is 28.2 Å². The number of ketones is 1. The summed E-state index contributed by atoms with van der Waals surface area (Å²) in [6, 6.07) is 5.89. The predicted octanol–water partition coefficient (Wildman–Crippen LogP) is 2.63. The van der Waals surface area contributed by atoms with Gasteiger partial charge in [0.25, 0.3) is 0 Å². The Labute approximate surface area is 126 Å². The first-order valence-corrected chi connectivity index (χ1v) is 7.81. The molecule has 1 aliphatic rings. The maximum atomic E-state index is 12.1. The maximum Gasteiger partial charge on any atom is 0.226 e. The smallest absolute Gasteiger partial charge is 0.226 e. The number of aromatic nitrogens is 2. The molecule has 0 fully saturated rings. The lowest BCUT2D eigenvalue weighted by atomic mass is 10.0. The quantitative estimate of drug-likeness (QED) is 0.862. The summed E-state index contributed by atoms with van der Waals surface area (Å²) in [7, 11) is 0. The van der Waals surface area contributed by atoms with Gasteiger partial charge < -0.3 is 5.32 Å². The molecule has 3 rings (SSSR count). The van der Waals surface area contributed by atoms with E-state index in [-0.39, 0.29) is 24.5 Å². The van der Waals surface area contributed by atoms with E-state index in [0.717, 1.165) is 19.3 Å². The summed E-state index contributed by atoms with van der Waals surface area (Å²) >= 11 is 1.26. The number of benzene rings is 1. The second kappa shape index (κ2) is 6.13. The predicted molar refractivity (Wildman–Crippen MR) is 80.6 cm³/mol. The van der Waals surface area contributed by atoms with Gasteiger partial charge in [-0.15, -0.1) is 10.2 Å². The van der Waals surface area contributed by atoms with Crippen LogP contribution in [0.25, 0.3) is 0 Å². The van der Waals surface area contributed by atoms with E-state index >= 15 is 0 Å². The molecule has 0 aliphatic heterocycles. The first-order valence-electron chi connectivity index (χ1n) is 6.93. The first-order chi connectivity index (χ1) is 10.2. The molecule has 0 saturated heterocycles. The minimum absolute atomic E-state index is 0.0112.